The predicted octanol–water partition coefficient (Wildman–Crippen LogP) is 2.64. The van der Waals surface area contributed by atoms with Crippen molar-refractivity contribution in [3.63, 3.8) is 0 Å². The van der Waals surface area contributed by atoms with Crippen LogP contribution in [0.3, 0.4) is 0 Å². The van der Waals surface area contributed by atoms with Crippen molar-refractivity contribution in [1.29, 1.82) is 0 Å². The van der Waals surface area contributed by atoms with Crippen LogP contribution in [-0.2, 0) is 0 Å². The number of aromatic nitrogens is 1. The molecule has 0 aromatic carbocycles. The van der Waals surface area contributed by atoms with Crippen molar-refractivity contribution in [2.45, 2.75) is 45.1 Å². The Hall–Kier alpha value is -1.29. The molecule has 0 amide bonds. The van der Waals surface area contributed by atoms with Crippen molar-refractivity contribution in [3.05, 3.63) is 18.5 Å². The summed E-state index contributed by atoms with van der Waals surface area (Å²) in [6.45, 7) is 4.37. The Labute approximate surface area is 115 Å². The highest BCUT2D eigenvalue weighted by Crippen LogP contribution is 2.25. The lowest BCUT2D eigenvalue weighted by Crippen LogP contribution is -2.37. The third-order valence-corrected chi connectivity index (χ3v) is 3.72. The lowest BCUT2D eigenvalue weighted by molar-refractivity contribution is 0.255. The summed E-state index contributed by atoms with van der Waals surface area (Å²) >= 11 is 0. The van der Waals surface area contributed by atoms with Gasteiger partial charge >= 0.3 is 0 Å². The zero-order valence-corrected chi connectivity index (χ0v) is 11.8. The Morgan fingerprint density at radius 3 is 3.05 bits per heavy atom. The summed E-state index contributed by atoms with van der Waals surface area (Å²) in [5.74, 6) is 0. The summed E-state index contributed by atoms with van der Waals surface area (Å²) in [5, 5.41) is 13.0. The van der Waals surface area contributed by atoms with Crippen LogP contribution in [-0.4, -0.2) is 35.8 Å². The summed E-state index contributed by atoms with van der Waals surface area (Å²) in [4.78, 5) is 6.64. The molecule has 2 N–H and O–H groups in total. The van der Waals surface area contributed by atoms with Gasteiger partial charge in [0, 0.05) is 13.1 Å². The summed E-state index contributed by atoms with van der Waals surface area (Å²) in [5.41, 5.74) is 2.20. The van der Waals surface area contributed by atoms with Crippen LogP contribution in [0.2, 0.25) is 0 Å². The summed E-state index contributed by atoms with van der Waals surface area (Å²) in [6, 6.07) is 2.39. The first kappa shape index (κ1) is 14.1. The van der Waals surface area contributed by atoms with Gasteiger partial charge in [0.15, 0.2) is 0 Å². The molecule has 2 heterocycles. The number of aliphatic hydroxyl groups is 1. The number of aliphatic hydroxyl groups excluding tert-OH is 1. The summed E-state index contributed by atoms with van der Waals surface area (Å²) in [7, 11) is 0. The van der Waals surface area contributed by atoms with Gasteiger partial charge in [-0.05, 0) is 25.3 Å². The average molecular weight is 263 g/mol. The Kier molecular flexibility index (Phi) is 5.45. The van der Waals surface area contributed by atoms with E-state index < -0.39 is 0 Å². The smallest absolute Gasteiger partial charge is 0.0635 e. The van der Waals surface area contributed by atoms with Crippen LogP contribution >= 0.6 is 0 Å². The van der Waals surface area contributed by atoms with Gasteiger partial charge in [-0.1, -0.05) is 19.8 Å². The molecule has 0 radical (unpaired) electrons. The lowest BCUT2D eigenvalue weighted by Gasteiger charge is -2.30. The molecule has 0 aliphatic carbocycles. The van der Waals surface area contributed by atoms with E-state index in [1.54, 1.807) is 0 Å². The van der Waals surface area contributed by atoms with E-state index >= 15 is 0 Å². The van der Waals surface area contributed by atoms with Gasteiger partial charge in [-0.3, -0.25) is 4.98 Å². The van der Waals surface area contributed by atoms with Crippen molar-refractivity contribution >= 4 is 11.4 Å². The quantitative estimate of drug-likeness (QED) is 0.857. The van der Waals surface area contributed by atoms with E-state index in [4.69, 9.17) is 0 Å². The molecule has 0 spiro atoms. The van der Waals surface area contributed by atoms with Crippen molar-refractivity contribution in [3.8, 4) is 0 Å². The van der Waals surface area contributed by atoms with Crippen molar-refractivity contribution in [1.82, 2.24) is 4.98 Å². The van der Waals surface area contributed by atoms with E-state index in [2.05, 4.69) is 28.2 Å². The summed E-state index contributed by atoms with van der Waals surface area (Å²) < 4.78 is 0. The number of hydrogen-bond acceptors (Lipinski definition) is 4. The minimum Gasteiger partial charge on any atom is -0.394 e. The van der Waals surface area contributed by atoms with E-state index in [1.165, 1.54) is 19.3 Å². The van der Waals surface area contributed by atoms with Gasteiger partial charge in [0.1, 0.15) is 0 Å². The lowest BCUT2D eigenvalue weighted by atomic mass is 10.1. The number of nitrogens with one attached hydrogen (secondary N) is 1. The monoisotopic (exact) mass is 263 g/mol. The maximum absolute atomic E-state index is 9.58. The maximum Gasteiger partial charge on any atom is 0.0635 e. The molecular formula is C15H25N3O. The van der Waals surface area contributed by atoms with Crippen LogP contribution in [0.15, 0.2) is 18.5 Å². The van der Waals surface area contributed by atoms with Gasteiger partial charge in [0.25, 0.3) is 0 Å². The standard InChI is InChI=1S/C15H25N3O/c1-2-7-17-13-9-15(11-16-10-13)18-8-5-3-4-6-14(18)12-19/h9-11,14,17,19H,2-8,12H2,1H3. The minimum absolute atomic E-state index is 0.229. The van der Waals surface area contributed by atoms with Crippen LogP contribution < -0.4 is 10.2 Å². The molecule has 2 rings (SSSR count). The van der Waals surface area contributed by atoms with Gasteiger partial charge in [-0.2, -0.15) is 0 Å². The Morgan fingerprint density at radius 1 is 1.37 bits per heavy atom. The molecular weight excluding hydrogens is 238 g/mol. The Bertz CT molecular complexity index is 383. The number of nitrogens with zero attached hydrogens (tertiary/aromatic N) is 2. The predicted molar refractivity (Wildman–Crippen MR) is 79.7 cm³/mol. The molecule has 4 nitrogen and oxygen atoms in total. The van der Waals surface area contributed by atoms with Crippen molar-refractivity contribution in [2.75, 3.05) is 29.9 Å². The molecule has 0 bridgehead atoms. The summed E-state index contributed by atoms with van der Waals surface area (Å²) in [6.07, 6.45) is 9.62. The topological polar surface area (TPSA) is 48.4 Å². The molecule has 1 aliphatic heterocycles. The van der Waals surface area contributed by atoms with E-state index in [0.29, 0.717) is 0 Å². The van der Waals surface area contributed by atoms with Crippen molar-refractivity contribution in [2.24, 2.45) is 0 Å². The first-order valence-electron chi connectivity index (χ1n) is 7.41. The third-order valence-electron chi connectivity index (χ3n) is 3.72. The Balaban J connectivity index is 2.13. The SMILES string of the molecule is CCCNc1cncc(N2CCCCCC2CO)c1. The van der Waals surface area contributed by atoms with E-state index in [-0.39, 0.29) is 12.6 Å². The molecule has 1 fully saturated rings. The molecule has 1 unspecified atom stereocenters. The number of pyridine rings is 1. The molecule has 1 aliphatic rings. The second kappa shape index (κ2) is 7.34. The van der Waals surface area contributed by atoms with E-state index in [0.717, 1.165) is 37.3 Å². The van der Waals surface area contributed by atoms with Gasteiger partial charge in [0.2, 0.25) is 0 Å². The molecule has 1 aromatic rings. The normalized spacial score (nSPS) is 20.1. The number of anilines is 2. The molecule has 19 heavy (non-hydrogen) atoms. The fraction of sp³-hybridized carbons (Fsp3) is 0.667. The minimum atomic E-state index is 0.229. The molecule has 1 saturated heterocycles. The third kappa shape index (κ3) is 3.83. The molecule has 106 valence electrons. The first-order chi connectivity index (χ1) is 9.35. The largest absolute Gasteiger partial charge is 0.394 e. The van der Waals surface area contributed by atoms with Crippen LogP contribution in [0.5, 0.6) is 0 Å². The molecule has 1 atom stereocenters. The maximum atomic E-state index is 9.58. The molecule has 1 aromatic heterocycles. The second-order valence-corrected chi connectivity index (χ2v) is 5.24. The van der Waals surface area contributed by atoms with Crippen LogP contribution in [0.1, 0.15) is 39.0 Å². The zero-order valence-electron chi connectivity index (χ0n) is 11.8. The zero-order chi connectivity index (χ0) is 13.5. The fourth-order valence-corrected chi connectivity index (χ4v) is 2.66. The molecule has 0 saturated carbocycles. The molecule has 4 heteroatoms. The van der Waals surface area contributed by atoms with E-state index in [9.17, 15) is 5.11 Å². The van der Waals surface area contributed by atoms with E-state index in [1.807, 2.05) is 12.4 Å². The highest BCUT2D eigenvalue weighted by atomic mass is 16.3. The van der Waals surface area contributed by atoms with Crippen LogP contribution in [0, 0.1) is 0 Å². The highest BCUT2D eigenvalue weighted by Gasteiger charge is 2.20. The van der Waals surface area contributed by atoms with Crippen molar-refractivity contribution < 1.29 is 5.11 Å². The fourth-order valence-electron chi connectivity index (χ4n) is 2.66. The van der Waals surface area contributed by atoms with Gasteiger partial charge < -0.3 is 15.3 Å². The highest BCUT2D eigenvalue weighted by molar-refractivity contribution is 5.56. The average Bonchev–Trinajstić information content (AvgIpc) is 2.70. The van der Waals surface area contributed by atoms with Crippen LogP contribution in [0.4, 0.5) is 11.4 Å². The number of hydrogen-bond donors (Lipinski definition) is 2. The van der Waals surface area contributed by atoms with Gasteiger partial charge in [0.05, 0.1) is 36.4 Å². The Morgan fingerprint density at radius 2 is 2.26 bits per heavy atom. The first-order valence-corrected chi connectivity index (χ1v) is 7.41. The van der Waals surface area contributed by atoms with Crippen LogP contribution in [0.25, 0.3) is 0 Å². The number of rotatable bonds is 5. The van der Waals surface area contributed by atoms with Gasteiger partial charge in [-0.15, -0.1) is 0 Å². The van der Waals surface area contributed by atoms with Gasteiger partial charge in [-0.25, -0.2) is 0 Å². The second-order valence-electron chi connectivity index (χ2n) is 5.24.